The molecular weight excluding hydrogens is 226 g/mol. The first kappa shape index (κ1) is 12.8. The number of carbonyl (C=O) groups excluding carboxylic acids is 2. The molecule has 3 heteroatoms. The van der Waals surface area contributed by atoms with Gasteiger partial charge in [-0.05, 0) is 30.2 Å². The predicted octanol–water partition coefficient (Wildman–Crippen LogP) is 2.82. The fourth-order valence-electron chi connectivity index (χ4n) is 2.32. The van der Waals surface area contributed by atoms with Gasteiger partial charge in [0.1, 0.15) is 0 Å². The highest BCUT2D eigenvalue weighted by Crippen LogP contribution is 2.30. The third-order valence-corrected chi connectivity index (χ3v) is 3.38. The van der Waals surface area contributed by atoms with Crippen molar-refractivity contribution in [3.8, 4) is 0 Å². The number of carbonyl (C=O) groups is 2. The number of fused-ring (bicyclic) bond motifs is 1. The minimum Gasteiger partial charge on any atom is -0.312 e. The van der Waals surface area contributed by atoms with Crippen LogP contribution in [0, 0.1) is 5.92 Å². The molecule has 0 spiro atoms. The Labute approximate surface area is 108 Å². The van der Waals surface area contributed by atoms with Gasteiger partial charge in [-0.25, -0.2) is 0 Å². The van der Waals surface area contributed by atoms with Crippen LogP contribution >= 0.6 is 0 Å². The standard InChI is InChI=1S/C15H19NO2/c1-4-14(17)12-5-6-13-11(9-12)7-8-16(13)15(18)10(2)3/h5-6,9-10H,4,7-8H2,1-3H3. The van der Waals surface area contributed by atoms with Crippen molar-refractivity contribution in [2.45, 2.75) is 33.6 Å². The summed E-state index contributed by atoms with van der Waals surface area (Å²) in [6.07, 6.45) is 1.37. The highest BCUT2D eigenvalue weighted by molar-refractivity contribution is 5.99. The zero-order valence-corrected chi connectivity index (χ0v) is 11.2. The first-order valence-electron chi connectivity index (χ1n) is 6.52. The van der Waals surface area contributed by atoms with E-state index in [4.69, 9.17) is 0 Å². The molecule has 0 saturated heterocycles. The molecular formula is C15H19NO2. The Morgan fingerprint density at radius 3 is 2.67 bits per heavy atom. The first-order valence-corrected chi connectivity index (χ1v) is 6.52. The molecule has 0 radical (unpaired) electrons. The SMILES string of the molecule is CCC(=O)c1ccc2c(c1)CCN2C(=O)C(C)C. The summed E-state index contributed by atoms with van der Waals surface area (Å²) in [6, 6.07) is 5.68. The van der Waals surface area contributed by atoms with Crippen LogP contribution in [-0.2, 0) is 11.2 Å². The molecule has 0 unspecified atom stereocenters. The minimum atomic E-state index is 0.00732. The number of hydrogen-bond acceptors (Lipinski definition) is 2. The van der Waals surface area contributed by atoms with Crippen molar-refractivity contribution in [2.75, 3.05) is 11.4 Å². The Kier molecular flexibility index (Phi) is 3.50. The van der Waals surface area contributed by atoms with E-state index in [1.807, 2.05) is 43.9 Å². The maximum Gasteiger partial charge on any atom is 0.229 e. The monoisotopic (exact) mass is 245 g/mol. The second-order valence-electron chi connectivity index (χ2n) is 5.01. The summed E-state index contributed by atoms with van der Waals surface area (Å²) < 4.78 is 0. The van der Waals surface area contributed by atoms with Gasteiger partial charge >= 0.3 is 0 Å². The number of Topliss-reactive ketones (excluding diaryl/α,β-unsaturated/α-hetero) is 1. The lowest BCUT2D eigenvalue weighted by molar-refractivity contribution is -0.121. The van der Waals surface area contributed by atoms with Gasteiger partial charge in [-0.2, -0.15) is 0 Å². The molecule has 0 N–H and O–H groups in total. The number of ketones is 1. The molecule has 96 valence electrons. The van der Waals surface area contributed by atoms with Crippen molar-refractivity contribution in [1.82, 2.24) is 0 Å². The van der Waals surface area contributed by atoms with Gasteiger partial charge in [-0.3, -0.25) is 9.59 Å². The number of benzene rings is 1. The fraction of sp³-hybridized carbons (Fsp3) is 0.467. The van der Waals surface area contributed by atoms with E-state index in [0.29, 0.717) is 6.42 Å². The van der Waals surface area contributed by atoms with Gasteiger partial charge in [0.05, 0.1) is 0 Å². The molecule has 0 aromatic heterocycles. The quantitative estimate of drug-likeness (QED) is 0.768. The van der Waals surface area contributed by atoms with Gasteiger partial charge in [-0.15, -0.1) is 0 Å². The molecule has 0 atom stereocenters. The Bertz CT molecular complexity index is 491. The highest BCUT2D eigenvalue weighted by Gasteiger charge is 2.26. The lowest BCUT2D eigenvalue weighted by atomic mass is 10.0. The second-order valence-corrected chi connectivity index (χ2v) is 5.01. The summed E-state index contributed by atoms with van der Waals surface area (Å²) in [6.45, 7) is 6.42. The molecule has 0 fully saturated rings. The molecule has 18 heavy (non-hydrogen) atoms. The molecule has 0 bridgehead atoms. The van der Waals surface area contributed by atoms with E-state index in [0.717, 1.165) is 29.8 Å². The Balaban J connectivity index is 2.31. The smallest absolute Gasteiger partial charge is 0.229 e. The maximum absolute atomic E-state index is 12.0. The van der Waals surface area contributed by atoms with Crippen molar-refractivity contribution < 1.29 is 9.59 Å². The lowest BCUT2D eigenvalue weighted by Gasteiger charge is -2.19. The van der Waals surface area contributed by atoms with Gasteiger partial charge in [0.2, 0.25) is 5.91 Å². The van der Waals surface area contributed by atoms with E-state index in [1.54, 1.807) is 0 Å². The summed E-state index contributed by atoms with van der Waals surface area (Å²) in [5.74, 6) is 0.322. The van der Waals surface area contributed by atoms with Gasteiger partial charge < -0.3 is 4.90 Å². The fourth-order valence-corrected chi connectivity index (χ4v) is 2.32. The summed E-state index contributed by atoms with van der Waals surface area (Å²) in [7, 11) is 0. The Morgan fingerprint density at radius 1 is 1.33 bits per heavy atom. The molecule has 1 amide bonds. The van der Waals surface area contributed by atoms with E-state index in [1.165, 1.54) is 0 Å². The van der Waals surface area contributed by atoms with Crippen LogP contribution in [0.5, 0.6) is 0 Å². The van der Waals surface area contributed by atoms with Crippen LogP contribution in [0.4, 0.5) is 5.69 Å². The lowest BCUT2D eigenvalue weighted by Crippen LogP contribution is -2.32. The van der Waals surface area contributed by atoms with E-state index < -0.39 is 0 Å². The number of nitrogens with zero attached hydrogens (tertiary/aromatic N) is 1. The van der Waals surface area contributed by atoms with Crippen molar-refractivity contribution in [1.29, 1.82) is 0 Å². The Hall–Kier alpha value is -1.64. The largest absolute Gasteiger partial charge is 0.312 e. The van der Waals surface area contributed by atoms with Gasteiger partial charge in [-0.1, -0.05) is 20.8 Å². The number of rotatable bonds is 3. The average Bonchev–Trinajstić information content (AvgIpc) is 2.79. The van der Waals surface area contributed by atoms with Gasteiger partial charge in [0.25, 0.3) is 0 Å². The third kappa shape index (κ3) is 2.17. The second kappa shape index (κ2) is 4.92. The van der Waals surface area contributed by atoms with Crippen LogP contribution in [-0.4, -0.2) is 18.2 Å². The van der Waals surface area contributed by atoms with Crippen molar-refractivity contribution in [3.63, 3.8) is 0 Å². The summed E-state index contributed by atoms with van der Waals surface area (Å²) in [5.41, 5.74) is 2.85. The van der Waals surface area contributed by atoms with Crippen molar-refractivity contribution in [2.24, 2.45) is 5.92 Å². The molecule has 1 aromatic rings. The molecule has 3 nitrogen and oxygen atoms in total. The maximum atomic E-state index is 12.0. The average molecular weight is 245 g/mol. The molecule has 1 aromatic carbocycles. The van der Waals surface area contributed by atoms with Crippen LogP contribution < -0.4 is 4.90 Å². The van der Waals surface area contributed by atoms with Crippen LogP contribution in [0.25, 0.3) is 0 Å². The van der Waals surface area contributed by atoms with Crippen LogP contribution in [0.15, 0.2) is 18.2 Å². The molecule has 2 rings (SSSR count). The summed E-state index contributed by atoms with van der Waals surface area (Å²) in [4.78, 5) is 25.5. The number of amides is 1. The Morgan fingerprint density at radius 2 is 2.06 bits per heavy atom. The molecule has 1 aliphatic heterocycles. The van der Waals surface area contributed by atoms with E-state index in [-0.39, 0.29) is 17.6 Å². The van der Waals surface area contributed by atoms with Gasteiger partial charge in [0, 0.05) is 30.1 Å². The van der Waals surface area contributed by atoms with Crippen LogP contribution in [0.3, 0.4) is 0 Å². The zero-order chi connectivity index (χ0) is 13.3. The third-order valence-electron chi connectivity index (χ3n) is 3.38. The predicted molar refractivity (Wildman–Crippen MR) is 72.0 cm³/mol. The normalized spacial score (nSPS) is 13.9. The van der Waals surface area contributed by atoms with Gasteiger partial charge in [0.15, 0.2) is 5.78 Å². The van der Waals surface area contributed by atoms with E-state index >= 15 is 0 Å². The zero-order valence-electron chi connectivity index (χ0n) is 11.2. The molecule has 1 heterocycles. The van der Waals surface area contributed by atoms with E-state index in [9.17, 15) is 9.59 Å². The minimum absolute atomic E-state index is 0.00732. The number of hydrogen-bond donors (Lipinski definition) is 0. The summed E-state index contributed by atoms with van der Waals surface area (Å²) >= 11 is 0. The molecule has 1 aliphatic rings. The topological polar surface area (TPSA) is 37.4 Å². The number of anilines is 1. The first-order chi connectivity index (χ1) is 8.54. The van der Waals surface area contributed by atoms with Crippen molar-refractivity contribution >= 4 is 17.4 Å². The molecule has 0 saturated carbocycles. The molecule has 0 aliphatic carbocycles. The van der Waals surface area contributed by atoms with Crippen molar-refractivity contribution in [3.05, 3.63) is 29.3 Å². The summed E-state index contributed by atoms with van der Waals surface area (Å²) in [5, 5.41) is 0. The van der Waals surface area contributed by atoms with Crippen LogP contribution in [0.2, 0.25) is 0 Å². The van der Waals surface area contributed by atoms with Crippen LogP contribution in [0.1, 0.15) is 43.1 Å². The highest BCUT2D eigenvalue weighted by atomic mass is 16.2. The van der Waals surface area contributed by atoms with E-state index in [2.05, 4.69) is 0 Å².